The summed E-state index contributed by atoms with van der Waals surface area (Å²) in [6.07, 6.45) is 1.67. The number of benzene rings is 2. The Morgan fingerprint density at radius 3 is 2.29 bits per heavy atom. The standard InChI is InChI=1S/C17H19Cl2NO/c1-20-13(10-11-21-14-6-3-2-4-7-14)12-15-16(18)8-5-9-17(15)19/h2-9,13,20H,10-12H2,1H3. The summed E-state index contributed by atoms with van der Waals surface area (Å²) >= 11 is 12.4. The minimum Gasteiger partial charge on any atom is -0.494 e. The first kappa shape index (κ1) is 16.2. The minimum absolute atomic E-state index is 0.270. The highest BCUT2D eigenvalue weighted by atomic mass is 35.5. The summed E-state index contributed by atoms with van der Waals surface area (Å²) < 4.78 is 5.73. The smallest absolute Gasteiger partial charge is 0.119 e. The van der Waals surface area contributed by atoms with E-state index in [0.717, 1.165) is 24.2 Å². The summed E-state index contributed by atoms with van der Waals surface area (Å²) in [5.41, 5.74) is 0.986. The fourth-order valence-electron chi connectivity index (χ4n) is 2.16. The zero-order valence-corrected chi connectivity index (χ0v) is 13.5. The first-order chi connectivity index (χ1) is 10.2. The number of likely N-dealkylation sites (N-methyl/N-ethyl adjacent to an activating group) is 1. The van der Waals surface area contributed by atoms with Gasteiger partial charge < -0.3 is 10.1 Å². The molecule has 0 aliphatic rings. The molecule has 2 aromatic rings. The summed E-state index contributed by atoms with van der Waals surface area (Å²) in [6.45, 7) is 0.650. The van der Waals surface area contributed by atoms with Crippen molar-refractivity contribution in [3.8, 4) is 5.75 Å². The Bertz CT molecular complexity index is 540. The van der Waals surface area contributed by atoms with Gasteiger partial charge in [0.2, 0.25) is 0 Å². The zero-order valence-electron chi connectivity index (χ0n) is 12.0. The van der Waals surface area contributed by atoms with Crippen LogP contribution in [0.1, 0.15) is 12.0 Å². The molecule has 0 saturated carbocycles. The van der Waals surface area contributed by atoms with Gasteiger partial charge in [-0.2, -0.15) is 0 Å². The van der Waals surface area contributed by atoms with Crippen LogP contribution < -0.4 is 10.1 Å². The van der Waals surface area contributed by atoms with Gasteiger partial charge in [0.05, 0.1) is 6.61 Å². The van der Waals surface area contributed by atoms with Crippen LogP contribution in [0, 0.1) is 0 Å². The van der Waals surface area contributed by atoms with E-state index >= 15 is 0 Å². The molecule has 2 nitrogen and oxygen atoms in total. The number of nitrogens with one attached hydrogen (secondary N) is 1. The lowest BCUT2D eigenvalue weighted by molar-refractivity contribution is 0.288. The van der Waals surface area contributed by atoms with Crippen molar-refractivity contribution < 1.29 is 4.74 Å². The normalized spacial score (nSPS) is 12.1. The van der Waals surface area contributed by atoms with E-state index in [4.69, 9.17) is 27.9 Å². The second-order valence-electron chi connectivity index (χ2n) is 4.84. The van der Waals surface area contributed by atoms with E-state index in [1.165, 1.54) is 0 Å². The predicted molar refractivity (Wildman–Crippen MR) is 89.6 cm³/mol. The second kappa shape index (κ2) is 8.28. The third kappa shape index (κ3) is 4.92. The highest BCUT2D eigenvalue weighted by Gasteiger charge is 2.12. The first-order valence-corrected chi connectivity index (χ1v) is 7.74. The molecule has 4 heteroatoms. The topological polar surface area (TPSA) is 21.3 Å². The largest absolute Gasteiger partial charge is 0.494 e. The molecule has 2 rings (SSSR count). The van der Waals surface area contributed by atoms with Crippen molar-refractivity contribution in [2.45, 2.75) is 18.9 Å². The monoisotopic (exact) mass is 323 g/mol. The number of hydrogen-bond acceptors (Lipinski definition) is 2. The number of rotatable bonds is 7. The molecule has 0 fully saturated rings. The van der Waals surface area contributed by atoms with Crippen LogP contribution in [0.5, 0.6) is 5.75 Å². The Morgan fingerprint density at radius 1 is 1.00 bits per heavy atom. The van der Waals surface area contributed by atoms with Gasteiger partial charge in [0.1, 0.15) is 5.75 Å². The van der Waals surface area contributed by atoms with Crippen molar-refractivity contribution in [2.24, 2.45) is 0 Å². The Morgan fingerprint density at radius 2 is 1.67 bits per heavy atom. The maximum atomic E-state index is 6.22. The van der Waals surface area contributed by atoms with Crippen molar-refractivity contribution in [3.63, 3.8) is 0 Å². The maximum Gasteiger partial charge on any atom is 0.119 e. The number of halogens is 2. The van der Waals surface area contributed by atoms with Crippen LogP contribution in [-0.4, -0.2) is 19.7 Å². The lowest BCUT2D eigenvalue weighted by Crippen LogP contribution is -2.29. The minimum atomic E-state index is 0.270. The third-order valence-electron chi connectivity index (χ3n) is 3.40. The van der Waals surface area contributed by atoms with Gasteiger partial charge >= 0.3 is 0 Å². The van der Waals surface area contributed by atoms with Crippen molar-refractivity contribution in [3.05, 3.63) is 64.1 Å². The van der Waals surface area contributed by atoms with Crippen molar-refractivity contribution in [1.82, 2.24) is 5.32 Å². The zero-order chi connectivity index (χ0) is 15.1. The number of hydrogen-bond donors (Lipinski definition) is 1. The molecule has 0 heterocycles. The fourth-order valence-corrected chi connectivity index (χ4v) is 2.71. The number of ether oxygens (including phenoxy) is 1. The first-order valence-electron chi connectivity index (χ1n) is 6.98. The average molecular weight is 324 g/mol. The van der Waals surface area contributed by atoms with Gasteiger partial charge in [0.15, 0.2) is 0 Å². The van der Waals surface area contributed by atoms with Crippen LogP contribution in [0.15, 0.2) is 48.5 Å². The molecular formula is C17H19Cl2NO. The Labute approximate surface area is 136 Å². The van der Waals surface area contributed by atoms with E-state index in [1.54, 1.807) is 0 Å². The van der Waals surface area contributed by atoms with Crippen molar-refractivity contribution in [2.75, 3.05) is 13.7 Å². The third-order valence-corrected chi connectivity index (χ3v) is 4.11. The fraction of sp³-hybridized carbons (Fsp3) is 0.294. The van der Waals surface area contributed by atoms with Crippen LogP contribution in [-0.2, 0) is 6.42 Å². The second-order valence-corrected chi connectivity index (χ2v) is 5.65. The Balaban J connectivity index is 1.89. The van der Waals surface area contributed by atoms with Gasteiger partial charge in [-0.15, -0.1) is 0 Å². The van der Waals surface area contributed by atoms with Gasteiger partial charge in [-0.1, -0.05) is 47.5 Å². The Hall–Kier alpha value is -1.22. The van der Waals surface area contributed by atoms with E-state index < -0.39 is 0 Å². The van der Waals surface area contributed by atoms with Crippen LogP contribution in [0.25, 0.3) is 0 Å². The van der Waals surface area contributed by atoms with Crippen LogP contribution in [0.4, 0.5) is 0 Å². The molecule has 2 aromatic carbocycles. The molecule has 0 saturated heterocycles. The van der Waals surface area contributed by atoms with Gasteiger partial charge in [-0.3, -0.25) is 0 Å². The molecule has 0 radical (unpaired) electrons. The molecule has 0 aliphatic carbocycles. The summed E-state index contributed by atoms with van der Waals surface area (Å²) in [5.74, 6) is 0.892. The van der Waals surface area contributed by atoms with Gasteiger partial charge in [0.25, 0.3) is 0 Å². The molecule has 0 aliphatic heterocycles. The van der Waals surface area contributed by atoms with E-state index in [2.05, 4.69) is 5.32 Å². The van der Waals surface area contributed by atoms with Crippen molar-refractivity contribution in [1.29, 1.82) is 0 Å². The quantitative estimate of drug-likeness (QED) is 0.804. The predicted octanol–water partition coefficient (Wildman–Crippen LogP) is 4.59. The molecule has 1 unspecified atom stereocenters. The lowest BCUT2D eigenvalue weighted by Gasteiger charge is -2.18. The van der Waals surface area contributed by atoms with Crippen LogP contribution in [0.3, 0.4) is 0 Å². The van der Waals surface area contributed by atoms with Crippen LogP contribution in [0.2, 0.25) is 10.0 Å². The molecule has 21 heavy (non-hydrogen) atoms. The lowest BCUT2D eigenvalue weighted by atomic mass is 10.0. The molecular weight excluding hydrogens is 305 g/mol. The summed E-state index contributed by atoms with van der Waals surface area (Å²) in [4.78, 5) is 0. The van der Waals surface area contributed by atoms with Gasteiger partial charge in [-0.25, -0.2) is 0 Å². The molecule has 1 atom stereocenters. The highest BCUT2D eigenvalue weighted by Crippen LogP contribution is 2.26. The molecule has 112 valence electrons. The SMILES string of the molecule is CNC(CCOc1ccccc1)Cc1c(Cl)cccc1Cl. The molecule has 0 spiro atoms. The molecule has 0 aromatic heterocycles. The average Bonchev–Trinajstić information content (AvgIpc) is 2.50. The van der Waals surface area contributed by atoms with Crippen LogP contribution >= 0.6 is 23.2 Å². The maximum absolute atomic E-state index is 6.22. The summed E-state index contributed by atoms with van der Waals surface area (Å²) in [5, 5.41) is 4.72. The number of para-hydroxylation sites is 1. The van der Waals surface area contributed by atoms with Gasteiger partial charge in [-0.05, 0) is 49.7 Å². The van der Waals surface area contributed by atoms with E-state index in [1.807, 2.05) is 55.6 Å². The Kier molecular flexibility index (Phi) is 6.37. The molecule has 1 N–H and O–H groups in total. The van der Waals surface area contributed by atoms with E-state index in [-0.39, 0.29) is 6.04 Å². The summed E-state index contributed by atoms with van der Waals surface area (Å²) in [6, 6.07) is 15.7. The van der Waals surface area contributed by atoms with Crippen molar-refractivity contribution >= 4 is 23.2 Å². The highest BCUT2D eigenvalue weighted by molar-refractivity contribution is 6.36. The van der Waals surface area contributed by atoms with E-state index in [9.17, 15) is 0 Å². The summed E-state index contributed by atoms with van der Waals surface area (Å²) in [7, 11) is 1.94. The molecule has 0 amide bonds. The molecule has 0 bridgehead atoms. The van der Waals surface area contributed by atoms with E-state index in [0.29, 0.717) is 16.7 Å². The van der Waals surface area contributed by atoms with Gasteiger partial charge in [0, 0.05) is 16.1 Å².